The standard InChI is InChI=1S/C23H27N3O5S/c1-3-10-26-21-9-8-18(32(28,29)25-11-13-30-14-12-25)15-20(21)24-22(26)16-31-23(27)19-7-5-4-6-17(19)2/h4-9,15H,3,10-14,16H2,1-2H3. The van der Waals surface area contributed by atoms with Crippen molar-refractivity contribution >= 4 is 27.0 Å². The van der Waals surface area contributed by atoms with Crippen molar-refractivity contribution in [3.63, 3.8) is 0 Å². The number of sulfonamides is 1. The van der Waals surface area contributed by atoms with Crippen LogP contribution in [0.3, 0.4) is 0 Å². The van der Waals surface area contributed by atoms with Gasteiger partial charge in [0.05, 0.1) is 34.7 Å². The third-order valence-electron chi connectivity index (χ3n) is 5.55. The summed E-state index contributed by atoms with van der Waals surface area (Å²) in [6.07, 6.45) is 0.859. The Morgan fingerprint density at radius 1 is 1.16 bits per heavy atom. The predicted octanol–water partition coefficient (Wildman–Crippen LogP) is 3.13. The lowest BCUT2D eigenvalue weighted by Crippen LogP contribution is -2.40. The highest BCUT2D eigenvalue weighted by molar-refractivity contribution is 7.89. The maximum Gasteiger partial charge on any atom is 0.338 e. The number of carbonyl (C=O) groups is 1. The third kappa shape index (κ3) is 4.41. The van der Waals surface area contributed by atoms with Crippen LogP contribution in [-0.2, 0) is 32.6 Å². The summed E-state index contributed by atoms with van der Waals surface area (Å²) in [5.41, 5.74) is 2.74. The van der Waals surface area contributed by atoms with E-state index in [1.54, 1.807) is 30.3 Å². The lowest BCUT2D eigenvalue weighted by Gasteiger charge is -2.26. The number of hydrogen-bond acceptors (Lipinski definition) is 6. The molecule has 0 N–H and O–H groups in total. The van der Waals surface area contributed by atoms with E-state index in [2.05, 4.69) is 4.98 Å². The Morgan fingerprint density at radius 3 is 2.62 bits per heavy atom. The van der Waals surface area contributed by atoms with Gasteiger partial charge in [0.1, 0.15) is 12.4 Å². The van der Waals surface area contributed by atoms with Gasteiger partial charge in [-0.3, -0.25) is 0 Å². The van der Waals surface area contributed by atoms with E-state index >= 15 is 0 Å². The maximum atomic E-state index is 13.0. The zero-order valence-electron chi connectivity index (χ0n) is 18.3. The zero-order valence-corrected chi connectivity index (χ0v) is 19.1. The molecule has 2 aromatic carbocycles. The van der Waals surface area contributed by atoms with Gasteiger partial charge < -0.3 is 14.0 Å². The number of esters is 1. The van der Waals surface area contributed by atoms with Gasteiger partial charge in [0.25, 0.3) is 0 Å². The molecular formula is C23H27N3O5S. The van der Waals surface area contributed by atoms with Crippen molar-refractivity contribution in [2.24, 2.45) is 0 Å². The number of carbonyl (C=O) groups excluding carboxylic acids is 1. The van der Waals surface area contributed by atoms with E-state index in [0.29, 0.717) is 49.8 Å². The third-order valence-corrected chi connectivity index (χ3v) is 7.45. The van der Waals surface area contributed by atoms with Gasteiger partial charge in [-0.25, -0.2) is 18.2 Å². The number of rotatable bonds is 7. The van der Waals surface area contributed by atoms with Gasteiger partial charge >= 0.3 is 5.97 Å². The van der Waals surface area contributed by atoms with E-state index in [4.69, 9.17) is 9.47 Å². The summed E-state index contributed by atoms with van der Waals surface area (Å²) in [5.74, 6) is 0.179. The fourth-order valence-corrected chi connectivity index (χ4v) is 5.28. The molecule has 0 unspecified atom stereocenters. The molecule has 2 heterocycles. The van der Waals surface area contributed by atoms with E-state index in [9.17, 15) is 13.2 Å². The van der Waals surface area contributed by atoms with Gasteiger partial charge in [-0.2, -0.15) is 4.31 Å². The van der Waals surface area contributed by atoms with Gasteiger partial charge in [-0.1, -0.05) is 25.1 Å². The molecule has 0 radical (unpaired) electrons. The lowest BCUT2D eigenvalue weighted by molar-refractivity contribution is 0.0457. The average Bonchev–Trinajstić information content (AvgIpc) is 3.15. The van der Waals surface area contributed by atoms with Crippen LogP contribution in [-0.4, -0.2) is 54.5 Å². The first-order chi connectivity index (χ1) is 15.4. The van der Waals surface area contributed by atoms with E-state index in [0.717, 1.165) is 17.5 Å². The van der Waals surface area contributed by atoms with E-state index < -0.39 is 16.0 Å². The maximum absolute atomic E-state index is 13.0. The van der Waals surface area contributed by atoms with Crippen molar-refractivity contribution in [2.75, 3.05) is 26.3 Å². The summed E-state index contributed by atoms with van der Waals surface area (Å²) in [6.45, 7) is 6.06. The van der Waals surface area contributed by atoms with Gasteiger partial charge in [0.2, 0.25) is 10.0 Å². The number of imidazole rings is 1. The first-order valence-corrected chi connectivity index (χ1v) is 12.2. The molecule has 1 aliphatic rings. The normalized spacial score (nSPS) is 15.2. The average molecular weight is 458 g/mol. The Labute approximate surface area is 187 Å². The first kappa shape index (κ1) is 22.4. The Bertz CT molecular complexity index is 1230. The van der Waals surface area contributed by atoms with Crippen molar-refractivity contribution < 1.29 is 22.7 Å². The van der Waals surface area contributed by atoms with Crippen molar-refractivity contribution in [3.05, 3.63) is 59.4 Å². The van der Waals surface area contributed by atoms with Crippen LogP contribution in [0.1, 0.15) is 35.1 Å². The highest BCUT2D eigenvalue weighted by Gasteiger charge is 2.27. The lowest BCUT2D eigenvalue weighted by atomic mass is 10.1. The van der Waals surface area contributed by atoms with Crippen LogP contribution in [0.5, 0.6) is 0 Å². The molecule has 4 rings (SSSR count). The summed E-state index contributed by atoms with van der Waals surface area (Å²) in [4.78, 5) is 17.4. The summed E-state index contributed by atoms with van der Waals surface area (Å²) >= 11 is 0. The molecular weight excluding hydrogens is 430 g/mol. The van der Waals surface area contributed by atoms with Crippen LogP contribution in [0.15, 0.2) is 47.4 Å². The highest BCUT2D eigenvalue weighted by Crippen LogP contribution is 2.24. The van der Waals surface area contributed by atoms with Crippen molar-refractivity contribution in [1.82, 2.24) is 13.9 Å². The molecule has 0 aliphatic carbocycles. The number of aryl methyl sites for hydroxylation is 2. The van der Waals surface area contributed by atoms with Crippen LogP contribution in [0, 0.1) is 6.92 Å². The minimum Gasteiger partial charge on any atom is -0.454 e. The fourth-order valence-electron chi connectivity index (χ4n) is 3.85. The first-order valence-electron chi connectivity index (χ1n) is 10.7. The number of fused-ring (bicyclic) bond motifs is 1. The zero-order chi connectivity index (χ0) is 22.7. The number of morpholine rings is 1. The minimum atomic E-state index is -3.62. The van der Waals surface area contributed by atoms with Crippen LogP contribution in [0.2, 0.25) is 0 Å². The summed E-state index contributed by atoms with van der Waals surface area (Å²) in [6, 6.07) is 12.2. The predicted molar refractivity (Wildman–Crippen MR) is 120 cm³/mol. The molecule has 0 saturated carbocycles. The molecule has 3 aromatic rings. The molecule has 170 valence electrons. The molecule has 0 spiro atoms. The summed E-state index contributed by atoms with van der Waals surface area (Å²) in [7, 11) is -3.62. The number of nitrogens with zero attached hydrogens (tertiary/aromatic N) is 3. The van der Waals surface area contributed by atoms with E-state index in [-0.39, 0.29) is 11.5 Å². The topological polar surface area (TPSA) is 90.7 Å². The minimum absolute atomic E-state index is 0.00734. The molecule has 0 atom stereocenters. The monoisotopic (exact) mass is 457 g/mol. The van der Waals surface area contributed by atoms with Crippen molar-refractivity contribution in [1.29, 1.82) is 0 Å². The Hall–Kier alpha value is -2.75. The Balaban J connectivity index is 1.62. The quantitative estimate of drug-likeness (QED) is 0.507. The fraction of sp³-hybridized carbons (Fsp3) is 0.391. The number of hydrogen-bond donors (Lipinski definition) is 0. The van der Waals surface area contributed by atoms with Gasteiger partial charge in [0.15, 0.2) is 0 Å². The molecule has 9 heteroatoms. The van der Waals surface area contributed by atoms with Gasteiger partial charge in [0, 0.05) is 19.6 Å². The Morgan fingerprint density at radius 2 is 1.91 bits per heavy atom. The number of benzene rings is 2. The number of aromatic nitrogens is 2. The smallest absolute Gasteiger partial charge is 0.338 e. The van der Waals surface area contributed by atoms with E-state index in [1.165, 1.54) is 4.31 Å². The van der Waals surface area contributed by atoms with Gasteiger partial charge in [-0.15, -0.1) is 0 Å². The molecule has 8 nitrogen and oxygen atoms in total. The highest BCUT2D eigenvalue weighted by atomic mass is 32.2. The molecule has 1 aliphatic heterocycles. The molecule has 0 amide bonds. The summed E-state index contributed by atoms with van der Waals surface area (Å²) < 4.78 is 40.3. The molecule has 0 bridgehead atoms. The Kier molecular flexibility index (Phi) is 6.59. The van der Waals surface area contributed by atoms with Crippen LogP contribution in [0.25, 0.3) is 11.0 Å². The second-order valence-corrected chi connectivity index (χ2v) is 9.68. The second-order valence-electron chi connectivity index (χ2n) is 7.74. The number of ether oxygens (including phenoxy) is 2. The molecule has 32 heavy (non-hydrogen) atoms. The van der Waals surface area contributed by atoms with Crippen LogP contribution < -0.4 is 0 Å². The van der Waals surface area contributed by atoms with Crippen molar-refractivity contribution in [2.45, 2.75) is 38.3 Å². The SMILES string of the molecule is CCCn1c(COC(=O)c2ccccc2C)nc2cc(S(=O)(=O)N3CCOCC3)ccc21. The molecule has 1 fully saturated rings. The largest absolute Gasteiger partial charge is 0.454 e. The second kappa shape index (κ2) is 9.40. The van der Waals surface area contributed by atoms with Crippen molar-refractivity contribution in [3.8, 4) is 0 Å². The van der Waals surface area contributed by atoms with Crippen LogP contribution in [0.4, 0.5) is 0 Å². The van der Waals surface area contributed by atoms with Gasteiger partial charge in [-0.05, 0) is 43.2 Å². The summed E-state index contributed by atoms with van der Waals surface area (Å²) in [5, 5.41) is 0. The van der Waals surface area contributed by atoms with Crippen LogP contribution >= 0.6 is 0 Å². The molecule has 1 saturated heterocycles. The van der Waals surface area contributed by atoms with E-state index in [1.807, 2.05) is 30.5 Å². The molecule has 1 aromatic heterocycles.